The molecule has 0 atom stereocenters. The number of benzene rings is 1. The highest BCUT2D eigenvalue weighted by atomic mass is 14.3. The van der Waals surface area contributed by atoms with E-state index in [0.29, 0.717) is 0 Å². The Morgan fingerprint density at radius 3 is 1.52 bits per heavy atom. The van der Waals surface area contributed by atoms with Gasteiger partial charge in [0.25, 0.3) is 0 Å². The number of fused-ring (bicyclic) bond motifs is 1. The van der Waals surface area contributed by atoms with Crippen LogP contribution in [0.2, 0.25) is 0 Å². The fraction of sp³-hybridized carbons (Fsp3) is 0.571. The van der Waals surface area contributed by atoms with E-state index in [9.17, 15) is 0 Å². The van der Waals surface area contributed by atoms with Crippen molar-refractivity contribution >= 4 is 5.57 Å². The molecule has 21 heavy (non-hydrogen) atoms. The molecule has 1 aliphatic carbocycles. The molecule has 0 N–H and O–H groups in total. The zero-order chi connectivity index (χ0) is 15.6. The zero-order valence-electron chi connectivity index (χ0n) is 14.8. The Morgan fingerprint density at radius 2 is 1.10 bits per heavy atom. The third kappa shape index (κ3) is 2.47. The summed E-state index contributed by atoms with van der Waals surface area (Å²) in [5.74, 6) is 0. The van der Waals surface area contributed by atoms with E-state index in [1.54, 1.807) is 44.5 Å². The van der Waals surface area contributed by atoms with Gasteiger partial charge in [-0.05, 0) is 77.5 Å². The second-order valence-corrected chi connectivity index (χ2v) is 5.97. The van der Waals surface area contributed by atoms with Crippen LogP contribution in [0.15, 0.2) is 5.57 Å². The molecule has 1 aromatic carbocycles. The molecule has 0 saturated carbocycles. The van der Waals surface area contributed by atoms with Crippen molar-refractivity contribution in [2.24, 2.45) is 0 Å². The summed E-state index contributed by atoms with van der Waals surface area (Å²) >= 11 is 0. The highest BCUT2D eigenvalue weighted by Gasteiger charge is 2.28. The average molecular weight is 283 g/mol. The average Bonchev–Trinajstić information content (AvgIpc) is 2.90. The van der Waals surface area contributed by atoms with Gasteiger partial charge in [-0.3, -0.25) is 0 Å². The van der Waals surface area contributed by atoms with Crippen LogP contribution in [0.4, 0.5) is 0 Å². The normalized spacial score (nSPS) is 14.0. The van der Waals surface area contributed by atoms with Crippen LogP contribution >= 0.6 is 0 Å². The molecule has 0 heteroatoms. The van der Waals surface area contributed by atoms with Crippen molar-refractivity contribution in [1.29, 1.82) is 0 Å². The summed E-state index contributed by atoms with van der Waals surface area (Å²) in [5, 5.41) is 0. The van der Waals surface area contributed by atoms with Gasteiger partial charge in [0.1, 0.15) is 0 Å². The van der Waals surface area contributed by atoms with Crippen molar-refractivity contribution in [3.05, 3.63) is 45.4 Å². The van der Waals surface area contributed by atoms with E-state index in [-0.39, 0.29) is 0 Å². The standard InChI is InChI=1S/C21H31/c1-7-14-13-20-18(11-5)16(9-3)17(10-4)19(12-6)21(20)15(14)8-2/h13H,7-12H2,1-6H3. The van der Waals surface area contributed by atoms with E-state index in [2.05, 4.69) is 48.0 Å². The monoisotopic (exact) mass is 283 g/mol. The molecule has 1 aromatic rings. The first kappa shape index (κ1) is 16.3. The molecule has 1 radical (unpaired) electrons. The van der Waals surface area contributed by atoms with Gasteiger partial charge in [-0.1, -0.05) is 47.1 Å². The lowest BCUT2D eigenvalue weighted by Crippen LogP contribution is -2.09. The molecule has 0 bridgehead atoms. The lowest BCUT2D eigenvalue weighted by molar-refractivity contribution is 0.932. The van der Waals surface area contributed by atoms with Crippen LogP contribution in [0.1, 0.15) is 87.8 Å². The summed E-state index contributed by atoms with van der Waals surface area (Å²) in [6, 6.07) is 0. The molecule has 0 nitrogen and oxygen atoms in total. The minimum atomic E-state index is 1.16. The molecular weight excluding hydrogens is 252 g/mol. The zero-order valence-corrected chi connectivity index (χ0v) is 14.8. The highest BCUT2D eigenvalue weighted by molar-refractivity contribution is 5.85. The number of rotatable bonds is 6. The third-order valence-electron chi connectivity index (χ3n) is 5.15. The second kappa shape index (κ2) is 6.81. The van der Waals surface area contributed by atoms with Crippen LogP contribution in [0.3, 0.4) is 0 Å². The van der Waals surface area contributed by atoms with Gasteiger partial charge in [0, 0.05) is 6.42 Å². The maximum atomic E-state index is 2.50. The fourth-order valence-corrected chi connectivity index (χ4v) is 4.28. The summed E-state index contributed by atoms with van der Waals surface area (Å²) in [6.45, 7) is 13.9. The molecule has 0 amide bonds. The molecule has 0 heterocycles. The summed E-state index contributed by atoms with van der Waals surface area (Å²) in [6.07, 6.45) is 9.49. The van der Waals surface area contributed by atoms with E-state index >= 15 is 0 Å². The predicted octanol–water partition coefficient (Wildman–Crippen LogP) is 6.08. The highest BCUT2D eigenvalue weighted by Crippen LogP contribution is 2.44. The first-order chi connectivity index (χ1) is 10.2. The van der Waals surface area contributed by atoms with Crippen LogP contribution in [0, 0.1) is 6.42 Å². The Kier molecular flexibility index (Phi) is 5.30. The molecule has 115 valence electrons. The largest absolute Gasteiger partial charge is 0.0616 e. The second-order valence-electron chi connectivity index (χ2n) is 5.97. The van der Waals surface area contributed by atoms with E-state index in [1.165, 1.54) is 12.8 Å². The Bertz CT molecular complexity index is 558. The molecule has 0 aromatic heterocycles. The minimum absolute atomic E-state index is 1.16. The van der Waals surface area contributed by atoms with Gasteiger partial charge in [0.05, 0.1) is 0 Å². The van der Waals surface area contributed by atoms with E-state index in [0.717, 1.165) is 25.7 Å². The van der Waals surface area contributed by atoms with Crippen LogP contribution in [-0.2, 0) is 25.7 Å². The molecule has 0 aliphatic heterocycles. The van der Waals surface area contributed by atoms with Crippen molar-refractivity contribution in [3.8, 4) is 0 Å². The van der Waals surface area contributed by atoms with Gasteiger partial charge in [0.15, 0.2) is 0 Å². The number of hydrogen-bond acceptors (Lipinski definition) is 0. The van der Waals surface area contributed by atoms with Crippen LogP contribution in [-0.4, -0.2) is 0 Å². The summed E-state index contributed by atoms with van der Waals surface area (Å²) < 4.78 is 0. The van der Waals surface area contributed by atoms with Gasteiger partial charge in [0.2, 0.25) is 0 Å². The van der Waals surface area contributed by atoms with Crippen LogP contribution in [0.5, 0.6) is 0 Å². The van der Waals surface area contributed by atoms with Gasteiger partial charge >= 0.3 is 0 Å². The van der Waals surface area contributed by atoms with Crippen LogP contribution in [0.25, 0.3) is 5.57 Å². The lowest BCUT2D eigenvalue weighted by Gasteiger charge is -2.23. The maximum Gasteiger partial charge on any atom is 0.0170 e. The van der Waals surface area contributed by atoms with Gasteiger partial charge in [-0.2, -0.15) is 0 Å². The SMILES string of the molecule is CCC1=C(CC)c2c(c(CC)c(CC)c(CC)c2CC)[CH]1. The first-order valence-corrected chi connectivity index (χ1v) is 8.94. The summed E-state index contributed by atoms with van der Waals surface area (Å²) in [4.78, 5) is 0. The van der Waals surface area contributed by atoms with Crippen molar-refractivity contribution < 1.29 is 0 Å². The smallest absolute Gasteiger partial charge is 0.0170 e. The van der Waals surface area contributed by atoms with E-state index in [4.69, 9.17) is 0 Å². The summed E-state index contributed by atoms with van der Waals surface area (Å²) in [7, 11) is 0. The van der Waals surface area contributed by atoms with Gasteiger partial charge in [-0.25, -0.2) is 0 Å². The summed E-state index contributed by atoms with van der Waals surface area (Å²) in [5.41, 5.74) is 12.9. The fourth-order valence-electron chi connectivity index (χ4n) is 4.28. The van der Waals surface area contributed by atoms with Gasteiger partial charge < -0.3 is 0 Å². The Labute approximate surface area is 131 Å². The predicted molar refractivity (Wildman–Crippen MR) is 94.9 cm³/mol. The maximum absolute atomic E-state index is 2.50. The van der Waals surface area contributed by atoms with Crippen LogP contribution < -0.4 is 0 Å². The van der Waals surface area contributed by atoms with E-state index in [1.807, 2.05) is 0 Å². The first-order valence-electron chi connectivity index (χ1n) is 8.94. The third-order valence-corrected chi connectivity index (χ3v) is 5.15. The number of hydrogen-bond donors (Lipinski definition) is 0. The molecule has 1 aliphatic rings. The lowest BCUT2D eigenvalue weighted by atomic mass is 9.82. The van der Waals surface area contributed by atoms with Crippen molar-refractivity contribution in [3.63, 3.8) is 0 Å². The Hall–Kier alpha value is -1.04. The number of allylic oxidation sites excluding steroid dienone is 2. The van der Waals surface area contributed by atoms with Crippen molar-refractivity contribution in [2.45, 2.75) is 80.1 Å². The van der Waals surface area contributed by atoms with Crippen molar-refractivity contribution in [1.82, 2.24) is 0 Å². The van der Waals surface area contributed by atoms with Crippen molar-refractivity contribution in [2.75, 3.05) is 0 Å². The molecule has 2 rings (SSSR count). The molecule has 0 fully saturated rings. The Balaban J connectivity index is 2.83. The quantitative estimate of drug-likeness (QED) is 0.594. The molecule has 0 unspecified atom stereocenters. The van der Waals surface area contributed by atoms with Gasteiger partial charge in [-0.15, -0.1) is 0 Å². The van der Waals surface area contributed by atoms with E-state index < -0.39 is 0 Å². The molecule has 0 saturated heterocycles. The Morgan fingerprint density at radius 1 is 0.571 bits per heavy atom. The molecule has 0 spiro atoms. The topological polar surface area (TPSA) is 0 Å². The molecular formula is C21H31. The minimum Gasteiger partial charge on any atom is -0.0616 e.